The van der Waals surface area contributed by atoms with Gasteiger partial charge in [-0.05, 0) is 17.7 Å². The van der Waals surface area contributed by atoms with Gasteiger partial charge in [-0.1, -0.05) is 12.1 Å². The number of nitrogens with two attached hydrogens (primary N) is 2. The highest BCUT2D eigenvalue weighted by Crippen LogP contribution is 2.30. The first-order chi connectivity index (χ1) is 9.16. The number of nitrogens with zero attached hydrogens (tertiary/aromatic N) is 2. The van der Waals surface area contributed by atoms with Crippen LogP contribution in [0.3, 0.4) is 0 Å². The summed E-state index contributed by atoms with van der Waals surface area (Å²) in [6.07, 6.45) is 3.19. The van der Waals surface area contributed by atoms with E-state index >= 15 is 0 Å². The van der Waals surface area contributed by atoms with Gasteiger partial charge >= 0.3 is 0 Å². The van der Waals surface area contributed by atoms with E-state index in [0.29, 0.717) is 17.0 Å². The van der Waals surface area contributed by atoms with Gasteiger partial charge in [-0.15, -0.1) is 0 Å². The van der Waals surface area contributed by atoms with Crippen molar-refractivity contribution in [3.05, 3.63) is 42.4 Å². The number of carbonyl (C=O) groups is 1. The van der Waals surface area contributed by atoms with Crippen molar-refractivity contribution >= 4 is 22.8 Å². The number of nitrogen functional groups attached to an aromatic ring is 1. The number of fused-ring (bicyclic) bond motifs is 1. The van der Waals surface area contributed by atoms with Gasteiger partial charge in [0.05, 0.1) is 5.39 Å². The van der Waals surface area contributed by atoms with Crippen LogP contribution in [0, 0.1) is 0 Å². The summed E-state index contributed by atoms with van der Waals surface area (Å²) in [5.41, 5.74) is 13.9. The van der Waals surface area contributed by atoms with Crippen molar-refractivity contribution in [1.82, 2.24) is 15.0 Å². The molecule has 0 fully saturated rings. The number of hydrogen-bond acceptors (Lipinski definition) is 4. The molecule has 0 spiro atoms. The largest absolute Gasteiger partial charge is 0.383 e. The Morgan fingerprint density at radius 3 is 2.89 bits per heavy atom. The van der Waals surface area contributed by atoms with Crippen molar-refractivity contribution in [1.29, 1.82) is 0 Å². The van der Waals surface area contributed by atoms with Crippen LogP contribution in [0.1, 0.15) is 10.4 Å². The second-order valence-corrected chi connectivity index (χ2v) is 4.13. The van der Waals surface area contributed by atoms with Gasteiger partial charge in [0.2, 0.25) is 5.91 Å². The monoisotopic (exact) mass is 253 g/mol. The minimum Gasteiger partial charge on any atom is -0.383 e. The first-order valence-electron chi connectivity index (χ1n) is 5.64. The smallest absolute Gasteiger partial charge is 0.248 e. The molecule has 0 saturated heterocycles. The average Bonchev–Trinajstić information content (AvgIpc) is 2.84. The molecule has 0 radical (unpaired) electrons. The Bertz CT molecular complexity index is 778. The Hall–Kier alpha value is -2.89. The predicted molar refractivity (Wildman–Crippen MR) is 72.3 cm³/mol. The zero-order chi connectivity index (χ0) is 13.4. The number of amides is 1. The van der Waals surface area contributed by atoms with Crippen LogP contribution in [0.25, 0.3) is 22.2 Å². The highest BCUT2D eigenvalue weighted by molar-refractivity contribution is 6.01. The third-order valence-electron chi connectivity index (χ3n) is 2.96. The molecular formula is C13H11N5O. The van der Waals surface area contributed by atoms with Gasteiger partial charge in [0, 0.05) is 17.3 Å². The molecule has 3 aromatic rings. The lowest BCUT2D eigenvalue weighted by atomic mass is 10.0. The fourth-order valence-corrected chi connectivity index (χ4v) is 2.05. The van der Waals surface area contributed by atoms with Crippen molar-refractivity contribution in [3.63, 3.8) is 0 Å². The van der Waals surface area contributed by atoms with E-state index in [0.717, 1.165) is 16.5 Å². The van der Waals surface area contributed by atoms with E-state index in [1.807, 2.05) is 6.07 Å². The number of H-pyrrole nitrogens is 1. The number of hydrogen-bond donors (Lipinski definition) is 3. The molecule has 0 aliphatic carbocycles. The summed E-state index contributed by atoms with van der Waals surface area (Å²) in [5, 5.41) is 0.740. The zero-order valence-electron chi connectivity index (χ0n) is 9.92. The molecule has 0 aliphatic rings. The first-order valence-corrected chi connectivity index (χ1v) is 5.64. The zero-order valence-corrected chi connectivity index (χ0v) is 9.92. The normalized spacial score (nSPS) is 10.7. The number of carbonyl (C=O) groups excluding carboxylic acids is 1. The molecule has 0 saturated carbocycles. The number of primary amides is 1. The maximum atomic E-state index is 11.2. The van der Waals surface area contributed by atoms with Crippen molar-refractivity contribution in [2.24, 2.45) is 5.73 Å². The van der Waals surface area contributed by atoms with Crippen molar-refractivity contribution < 1.29 is 4.79 Å². The first kappa shape index (κ1) is 11.2. The molecule has 6 heteroatoms. The van der Waals surface area contributed by atoms with E-state index in [1.165, 1.54) is 6.33 Å². The quantitative estimate of drug-likeness (QED) is 0.639. The molecule has 2 aromatic heterocycles. The third-order valence-corrected chi connectivity index (χ3v) is 2.96. The van der Waals surface area contributed by atoms with E-state index in [4.69, 9.17) is 11.5 Å². The molecule has 0 unspecified atom stereocenters. The predicted octanol–water partition coefficient (Wildman–Crippen LogP) is 1.31. The van der Waals surface area contributed by atoms with Crippen molar-refractivity contribution in [3.8, 4) is 11.1 Å². The van der Waals surface area contributed by atoms with Crippen LogP contribution in [0.15, 0.2) is 36.8 Å². The van der Waals surface area contributed by atoms with Gasteiger partial charge in [-0.25, -0.2) is 9.97 Å². The Balaban J connectivity index is 2.25. The van der Waals surface area contributed by atoms with Crippen LogP contribution in [-0.2, 0) is 0 Å². The summed E-state index contributed by atoms with van der Waals surface area (Å²) in [4.78, 5) is 22.3. The Morgan fingerprint density at radius 2 is 2.11 bits per heavy atom. The standard InChI is InChI=1S/C13H11N5O/c14-11-10-9(5-16-13(10)18-6-17-11)7-2-1-3-8(4-7)12(15)19/h1-6H,(H2,15,19)(H3,14,16,17,18). The van der Waals surface area contributed by atoms with Gasteiger partial charge in [-0.2, -0.15) is 0 Å². The number of aromatic nitrogens is 3. The molecule has 19 heavy (non-hydrogen) atoms. The summed E-state index contributed by atoms with van der Waals surface area (Å²) in [5.74, 6) is -0.0726. The summed E-state index contributed by atoms with van der Waals surface area (Å²) < 4.78 is 0. The molecule has 6 nitrogen and oxygen atoms in total. The fraction of sp³-hybridized carbons (Fsp3) is 0. The number of nitrogens with one attached hydrogen (secondary N) is 1. The molecule has 0 bridgehead atoms. The van der Waals surface area contributed by atoms with Crippen molar-refractivity contribution in [2.45, 2.75) is 0 Å². The van der Waals surface area contributed by atoms with E-state index < -0.39 is 5.91 Å². The lowest BCUT2D eigenvalue weighted by Gasteiger charge is -2.03. The van der Waals surface area contributed by atoms with Crippen LogP contribution in [0.5, 0.6) is 0 Å². The van der Waals surface area contributed by atoms with E-state index in [2.05, 4.69) is 15.0 Å². The maximum Gasteiger partial charge on any atom is 0.248 e. The molecule has 1 amide bonds. The van der Waals surface area contributed by atoms with Crippen LogP contribution in [0.2, 0.25) is 0 Å². The van der Waals surface area contributed by atoms with E-state index in [-0.39, 0.29) is 0 Å². The highest BCUT2D eigenvalue weighted by atomic mass is 16.1. The number of rotatable bonds is 2. The van der Waals surface area contributed by atoms with Gasteiger partial charge < -0.3 is 16.5 Å². The molecule has 5 N–H and O–H groups in total. The molecule has 0 atom stereocenters. The fourth-order valence-electron chi connectivity index (χ4n) is 2.05. The van der Waals surface area contributed by atoms with E-state index in [9.17, 15) is 4.79 Å². The molecule has 94 valence electrons. The summed E-state index contributed by atoms with van der Waals surface area (Å²) in [6, 6.07) is 7.04. The summed E-state index contributed by atoms with van der Waals surface area (Å²) >= 11 is 0. The number of aromatic amines is 1. The van der Waals surface area contributed by atoms with Crippen LogP contribution in [-0.4, -0.2) is 20.9 Å². The number of anilines is 1. The van der Waals surface area contributed by atoms with Crippen LogP contribution < -0.4 is 11.5 Å². The Labute approximate surface area is 108 Å². The highest BCUT2D eigenvalue weighted by Gasteiger charge is 2.11. The number of benzene rings is 1. The van der Waals surface area contributed by atoms with Crippen LogP contribution >= 0.6 is 0 Å². The van der Waals surface area contributed by atoms with Gasteiger partial charge in [-0.3, -0.25) is 4.79 Å². The summed E-state index contributed by atoms with van der Waals surface area (Å²) in [6.45, 7) is 0. The van der Waals surface area contributed by atoms with Gasteiger partial charge in [0.15, 0.2) is 0 Å². The Morgan fingerprint density at radius 1 is 1.26 bits per heavy atom. The molecule has 3 rings (SSSR count). The second kappa shape index (κ2) is 4.09. The third kappa shape index (κ3) is 1.79. The molecule has 1 aromatic carbocycles. The topological polar surface area (TPSA) is 111 Å². The van der Waals surface area contributed by atoms with Crippen molar-refractivity contribution in [2.75, 3.05) is 5.73 Å². The maximum absolute atomic E-state index is 11.2. The molecule has 0 aliphatic heterocycles. The van der Waals surface area contributed by atoms with E-state index in [1.54, 1.807) is 24.4 Å². The SMILES string of the molecule is NC(=O)c1cccc(-c2c[nH]c3ncnc(N)c23)c1. The second-order valence-electron chi connectivity index (χ2n) is 4.13. The van der Waals surface area contributed by atoms with Crippen LogP contribution in [0.4, 0.5) is 5.82 Å². The molecular weight excluding hydrogens is 242 g/mol. The average molecular weight is 253 g/mol. The minimum atomic E-state index is -0.467. The summed E-state index contributed by atoms with van der Waals surface area (Å²) in [7, 11) is 0. The molecule has 2 heterocycles. The lowest BCUT2D eigenvalue weighted by molar-refractivity contribution is 0.100. The lowest BCUT2D eigenvalue weighted by Crippen LogP contribution is -2.10. The Kier molecular flexibility index (Phi) is 2.42. The van der Waals surface area contributed by atoms with Gasteiger partial charge in [0.1, 0.15) is 17.8 Å². The minimum absolute atomic E-state index is 0.394. The van der Waals surface area contributed by atoms with Gasteiger partial charge in [0.25, 0.3) is 0 Å².